The van der Waals surface area contributed by atoms with Gasteiger partial charge in [0, 0.05) is 31.0 Å². The number of amides is 1. The number of hydrogen-bond acceptors (Lipinski definition) is 4. The van der Waals surface area contributed by atoms with E-state index in [2.05, 4.69) is 28.4 Å². The van der Waals surface area contributed by atoms with Gasteiger partial charge in [0.05, 0.1) is 19.3 Å². The highest BCUT2D eigenvalue weighted by Crippen LogP contribution is 2.39. The number of nitrogens with zero attached hydrogens (tertiary/aromatic N) is 2. The standard InChI is InChI=1S/C25H31N3O3/c29-24(26-18-6-2-1-3-7-18)21-9-5-13-28(25(21)30)23-12-11-20-19(23)8-4-10-22(20)27-14-16-31-17-15-27/h4-5,8-10,13,18,23H,1-3,6-7,11-12,14-17H2,(H,26,29). The summed E-state index contributed by atoms with van der Waals surface area (Å²) in [6, 6.07) is 10.1. The molecule has 31 heavy (non-hydrogen) atoms. The van der Waals surface area contributed by atoms with E-state index in [0.29, 0.717) is 0 Å². The Labute approximate surface area is 183 Å². The van der Waals surface area contributed by atoms with Crippen LogP contribution in [0.4, 0.5) is 5.69 Å². The minimum Gasteiger partial charge on any atom is -0.378 e. The van der Waals surface area contributed by atoms with Gasteiger partial charge in [0.2, 0.25) is 0 Å². The van der Waals surface area contributed by atoms with Gasteiger partial charge in [-0.15, -0.1) is 0 Å². The van der Waals surface area contributed by atoms with Gasteiger partial charge < -0.3 is 19.5 Å². The molecule has 1 atom stereocenters. The molecule has 1 aliphatic heterocycles. The van der Waals surface area contributed by atoms with Gasteiger partial charge in [0.25, 0.3) is 11.5 Å². The first-order valence-electron chi connectivity index (χ1n) is 11.7. The predicted molar refractivity (Wildman–Crippen MR) is 121 cm³/mol. The smallest absolute Gasteiger partial charge is 0.263 e. The molecule has 2 aliphatic carbocycles. The molecule has 0 radical (unpaired) electrons. The first-order valence-corrected chi connectivity index (χ1v) is 11.7. The number of nitrogens with one attached hydrogen (secondary N) is 1. The molecule has 2 fully saturated rings. The number of benzene rings is 1. The van der Waals surface area contributed by atoms with E-state index in [9.17, 15) is 9.59 Å². The van der Waals surface area contributed by atoms with Crippen LogP contribution in [0.15, 0.2) is 41.3 Å². The molecule has 1 saturated heterocycles. The Morgan fingerprint density at radius 2 is 1.81 bits per heavy atom. The lowest BCUT2D eigenvalue weighted by molar-refractivity contribution is 0.0925. The lowest BCUT2D eigenvalue weighted by Crippen LogP contribution is -2.40. The van der Waals surface area contributed by atoms with Gasteiger partial charge in [-0.3, -0.25) is 9.59 Å². The maximum absolute atomic E-state index is 13.3. The van der Waals surface area contributed by atoms with Crippen molar-refractivity contribution in [3.63, 3.8) is 0 Å². The van der Waals surface area contributed by atoms with Gasteiger partial charge in [0.15, 0.2) is 0 Å². The van der Waals surface area contributed by atoms with Gasteiger partial charge in [-0.25, -0.2) is 0 Å². The molecule has 0 bridgehead atoms. The van der Waals surface area contributed by atoms with E-state index < -0.39 is 0 Å². The Kier molecular flexibility index (Phi) is 5.81. The van der Waals surface area contributed by atoms with Crippen LogP contribution in [0.25, 0.3) is 0 Å². The normalized spacial score (nSPS) is 21.7. The second-order valence-electron chi connectivity index (χ2n) is 8.94. The van der Waals surface area contributed by atoms with E-state index in [-0.39, 0.29) is 29.1 Å². The number of pyridine rings is 1. The van der Waals surface area contributed by atoms with Gasteiger partial charge in [-0.2, -0.15) is 0 Å². The van der Waals surface area contributed by atoms with Crippen molar-refractivity contribution in [2.45, 2.75) is 57.0 Å². The van der Waals surface area contributed by atoms with Crippen molar-refractivity contribution in [2.75, 3.05) is 31.2 Å². The van der Waals surface area contributed by atoms with Crippen molar-refractivity contribution in [2.24, 2.45) is 0 Å². The van der Waals surface area contributed by atoms with E-state index in [1.165, 1.54) is 23.2 Å². The Balaban J connectivity index is 1.42. The fourth-order valence-electron chi connectivity index (χ4n) is 5.44. The zero-order valence-corrected chi connectivity index (χ0v) is 18.0. The van der Waals surface area contributed by atoms with Crippen molar-refractivity contribution in [1.82, 2.24) is 9.88 Å². The summed E-state index contributed by atoms with van der Waals surface area (Å²) in [6.45, 7) is 3.31. The monoisotopic (exact) mass is 421 g/mol. The van der Waals surface area contributed by atoms with Crippen LogP contribution in [0.1, 0.15) is 66.1 Å². The topological polar surface area (TPSA) is 63.6 Å². The minimum atomic E-state index is -0.230. The highest BCUT2D eigenvalue weighted by atomic mass is 16.5. The van der Waals surface area contributed by atoms with Crippen LogP contribution in [0.3, 0.4) is 0 Å². The second kappa shape index (κ2) is 8.87. The van der Waals surface area contributed by atoms with Crippen molar-refractivity contribution in [1.29, 1.82) is 0 Å². The Morgan fingerprint density at radius 3 is 2.61 bits per heavy atom. The molecular formula is C25H31N3O3. The van der Waals surface area contributed by atoms with E-state index in [0.717, 1.165) is 64.8 Å². The van der Waals surface area contributed by atoms with Crippen LogP contribution in [0, 0.1) is 0 Å². The van der Waals surface area contributed by atoms with Crippen LogP contribution < -0.4 is 15.8 Å². The van der Waals surface area contributed by atoms with Crippen LogP contribution in [-0.4, -0.2) is 42.8 Å². The number of fused-ring (bicyclic) bond motifs is 1. The minimum absolute atomic E-state index is 0.0223. The number of anilines is 1. The van der Waals surface area contributed by atoms with Crippen LogP contribution in [0.2, 0.25) is 0 Å². The molecule has 6 heteroatoms. The summed E-state index contributed by atoms with van der Waals surface area (Å²) < 4.78 is 7.28. The number of aromatic nitrogens is 1. The van der Waals surface area contributed by atoms with E-state index in [1.807, 2.05) is 12.3 Å². The SMILES string of the molecule is O=C(NC1CCCCC1)c1cccn(C2CCc3c2cccc3N2CCOCC2)c1=O. The summed E-state index contributed by atoms with van der Waals surface area (Å²) in [5, 5.41) is 3.09. The van der Waals surface area contributed by atoms with Gasteiger partial charge >= 0.3 is 0 Å². The molecule has 164 valence electrons. The Hall–Kier alpha value is -2.60. The number of rotatable bonds is 4. The zero-order chi connectivity index (χ0) is 21.2. The van der Waals surface area contributed by atoms with Crippen molar-refractivity contribution >= 4 is 11.6 Å². The third-order valence-corrected chi connectivity index (χ3v) is 7.06. The molecule has 1 N–H and O–H groups in total. The molecule has 1 amide bonds. The number of ether oxygens (including phenoxy) is 1. The van der Waals surface area contributed by atoms with E-state index >= 15 is 0 Å². The molecule has 2 aromatic rings. The fourth-order valence-corrected chi connectivity index (χ4v) is 5.44. The fraction of sp³-hybridized carbons (Fsp3) is 0.520. The number of carbonyl (C=O) groups excluding carboxylic acids is 1. The van der Waals surface area contributed by atoms with Crippen molar-refractivity contribution < 1.29 is 9.53 Å². The van der Waals surface area contributed by atoms with Gasteiger partial charge in [0.1, 0.15) is 5.56 Å². The molecule has 2 heterocycles. The molecular weight excluding hydrogens is 390 g/mol. The van der Waals surface area contributed by atoms with Gasteiger partial charge in [-0.1, -0.05) is 31.4 Å². The lowest BCUT2D eigenvalue weighted by Gasteiger charge is -2.30. The van der Waals surface area contributed by atoms with Crippen molar-refractivity contribution in [3.8, 4) is 0 Å². The number of morpholine rings is 1. The first kappa shape index (κ1) is 20.3. The quantitative estimate of drug-likeness (QED) is 0.823. The zero-order valence-electron chi connectivity index (χ0n) is 18.0. The molecule has 1 saturated carbocycles. The molecule has 1 unspecified atom stereocenters. The number of hydrogen-bond donors (Lipinski definition) is 1. The highest BCUT2D eigenvalue weighted by molar-refractivity contribution is 5.94. The maximum Gasteiger partial charge on any atom is 0.263 e. The van der Waals surface area contributed by atoms with E-state index in [1.54, 1.807) is 10.6 Å². The van der Waals surface area contributed by atoms with Crippen LogP contribution >= 0.6 is 0 Å². The molecule has 1 aromatic carbocycles. The molecule has 1 aromatic heterocycles. The summed E-state index contributed by atoms with van der Waals surface area (Å²) >= 11 is 0. The highest BCUT2D eigenvalue weighted by Gasteiger charge is 2.29. The maximum atomic E-state index is 13.3. The third-order valence-electron chi connectivity index (χ3n) is 7.06. The van der Waals surface area contributed by atoms with Crippen LogP contribution in [-0.2, 0) is 11.2 Å². The molecule has 5 rings (SSSR count). The van der Waals surface area contributed by atoms with E-state index in [4.69, 9.17) is 4.74 Å². The molecule has 3 aliphatic rings. The lowest BCUT2D eigenvalue weighted by atomic mass is 9.95. The predicted octanol–water partition coefficient (Wildman–Crippen LogP) is 3.28. The Bertz CT molecular complexity index is 1000. The summed E-state index contributed by atoms with van der Waals surface area (Å²) in [4.78, 5) is 28.6. The van der Waals surface area contributed by atoms with Crippen molar-refractivity contribution in [3.05, 3.63) is 63.6 Å². The average molecular weight is 422 g/mol. The summed E-state index contributed by atoms with van der Waals surface area (Å²) in [7, 11) is 0. The average Bonchev–Trinajstić information content (AvgIpc) is 3.24. The summed E-state index contributed by atoms with van der Waals surface area (Å²) in [5.41, 5.74) is 3.87. The first-order chi connectivity index (χ1) is 15.2. The number of carbonyl (C=O) groups is 1. The largest absolute Gasteiger partial charge is 0.378 e. The summed E-state index contributed by atoms with van der Waals surface area (Å²) in [5.74, 6) is -0.230. The molecule has 0 spiro atoms. The van der Waals surface area contributed by atoms with Gasteiger partial charge in [-0.05, 0) is 55.0 Å². The summed E-state index contributed by atoms with van der Waals surface area (Å²) in [6.07, 6.45) is 9.20. The second-order valence-corrected chi connectivity index (χ2v) is 8.94. The molecule has 6 nitrogen and oxygen atoms in total. The van der Waals surface area contributed by atoms with Crippen LogP contribution in [0.5, 0.6) is 0 Å². The third kappa shape index (κ3) is 4.01. The Morgan fingerprint density at radius 1 is 1.00 bits per heavy atom.